The van der Waals surface area contributed by atoms with Gasteiger partial charge in [-0.05, 0) is 48.6 Å². The van der Waals surface area contributed by atoms with Crippen LogP contribution >= 0.6 is 0 Å². The van der Waals surface area contributed by atoms with Gasteiger partial charge in [-0.3, -0.25) is 0 Å². The third-order valence-electron chi connectivity index (χ3n) is 5.89. The molecule has 150 valence electrons. The molecule has 7 heteroatoms. The summed E-state index contributed by atoms with van der Waals surface area (Å²) < 4.78 is 25.4. The predicted molar refractivity (Wildman–Crippen MR) is 107 cm³/mol. The lowest BCUT2D eigenvalue weighted by Crippen LogP contribution is -2.53. The fourth-order valence-corrected chi connectivity index (χ4v) is 4.82. The van der Waals surface area contributed by atoms with Gasteiger partial charge in [-0.2, -0.15) is 0 Å². The van der Waals surface area contributed by atoms with Gasteiger partial charge in [0.15, 0.2) is 0 Å². The molecule has 0 saturated carbocycles. The molecule has 0 spiro atoms. The van der Waals surface area contributed by atoms with Crippen molar-refractivity contribution in [2.75, 3.05) is 19.3 Å². The Morgan fingerprint density at radius 2 is 1.96 bits per heavy atom. The summed E-state index contributed by atoms with van der Waals surface area (Å²) in [5.41, 5.74) is 2.62. The van der Waals surface area contributed by atoms with E-state index in [-0.39, 0.29) is 30.1 Å². The van der Waals surface area contributed by atoms with Crippen LogP contribution in [0, 0.1) is 0 Å². The van der Waals surface area contributed by atoms with Gasteiger partial charge in [0.1, 0.15) is 0 Å². The van der Waals surface area contributed by atoms with Crippen LogP contribution in [0.5, 0.6) is 0 Å². The molecule has 2 N–H and O–H groups in total. The van der Waals surface area contributed by atoms with Crippen LogP contribution in [0.2, 0.25) is 0 Å². The number of sulfonamides is 1. The van der Waals surface area contributed by atoms with Crippen LogP contribution in [-0.2, 0) is 15.4 Å². The monoisotopic (exact) mass is 393 g/mol. The zero-order valence-electron chi connectivity index (χ0n) is 16.5. The van der Waals surface area contributed by atoms with Crippen molar-refractivity contribution in [3.63, 3.8) is 0 Å². The first-order chi connectivity index (χ1) is 12.7. The van der Waals surface area contributed by atoms with Crippen molar-refractivity contribution in [2.24, 2.45) is 0 Å². The highest BCUT2D eigenvalue weighted by Gasteiger charge is 2.35. The minimum absolute atomic E-state index is 0.00664. The Kier molecular flexibility index (Phi) is 5.82. The Bertz CT molecular complexity index is 791. The van der Waals surface area contributed by atoms with E-state index in [0.717, 1.165) is 38.4 Å². The van der Waals surface area contributed by atoms with E-state index >= 15 is 0 Å². The summed E-state index contributed by atoms with van der Waals surface area (Å²) in [6.07, 6.45) is 5.88. The normalized spacial score (nSPS) is 24.9. The van der Waals surface area contributed by atoms with E-state index in [2.05, 4.69) is 42.1 Å². The molecule has 0 unspecified atom stereocenters. The average Bonchev–Trinajstić information content (AvgIpc) is 2.62. The average molecular weight is 394 g/mol. The van der Waals surface area contributed by atoms with E-state index in [0.29, 0.717) is 6.54 Å². The Morgan fingerprint density at radius 1 is 1.22 bits per heavy atom. The molecule has 1 fully saturated rings. The number of nitrogens with one attached hydrogen (secondary N) is 2. The molecule has 1 aromatic rings. The summed E-state index contributed by atoms with van der Waals surface area (Å²) in [5.74, 6) is 0. The highest BCUT2D eigenvalue weighted by molar-refractivity contribution is 7.88. The molecule has 2 atom stereocenters. The van der Waals surface area contributed by atoms with Gasteiger partial charge in [-0.15, -0.1) is 0 Å². The van der Waals surface area contributed by atoms with Gasteiger partial charge in [-0.25, -0.2) is 17.9 Å². The number of benzene rings is 1. The first kappa shape index (κ1) is 20.1. The second kappa shape index (κ2) is 7.80. The Morgan fingerprint density at radius 3 is 2.70 bits per heavy atom. The molecular weight excluding hydrogens is 362 g/mol. The quantitative estimate of drug-likeness (QED) is 0.826. The third kappa shape index (κ3) is 4.82. The van der Waals surface area contributed by atoms with Crippen LogP contribution in [-0.4, -0.2) is 44.7 Å². The number of amides is 2. The van der Waals surface area contributed by atoms with Gasteiger partial charge in [0.2, 0.25) is 10.0 Å². The smallest absolute Gasteiger partial charge is 0.318 e. The summed E-state index contributed by atoms with van der Waals surface area (Å²) >= 11 is 0. The molecule has 6 nitrogen and oxygen atoms in total. The third-order valence-corrected chi connectivity index (χ3v) is 6.58. The minimum Gasteiger partial charge on any atom is -0.331 e. The second-order valence-electron chi connectivity index (χ2n) is 8.48. The summed E-state index contributed by atoms with van der Waals surface area (Å²) in [5, 5.41) is 3.22. The highest BCUT2D eigenvalue weighted by atomic mass is 32.2. The highest BCUT2D eigenvalue weighted by Crippen LogP contribution is 2.41. The van der Waals surface area contributed by atoms with Crippen LogP contribution in [0.1, 0.15) is 63.1 Å². The van der Waals surface area contributed by atoms with Gasteiger partial charge in [-0.1, -0.05) is 38.1 Å². The zero-order chi connectivity index (χ0) is 19.7. The predicted octanol–water partition coefficient (Wildman–Crippen LogP) is 2.91. The van der Waals surface area contributed by atoms with Crippen molar-refractivity contribution in [3.05, 3.63) is 35.4 Å². The van der Waals surface area contributed by atoms with Crippen LogP contribution in [0.3, 0.4) is 0 Å². The lowest BCUT2D eigenvalue weighted by atomic mass is 9.71. The van der Waals surface area contributed by atoms with Crippen LogP contribution in [0.4, 0.5) is 4.79 Å². The molecule has 2 aliphatic rings. The molecule has 27 heavy (non-hydrogen) atoms. The standard InChI is InChI=1S/C20H31N3O3S/c1-20(2)12-11-18(16-9-4-5-10-17(16)20)22-19(24)23-13-7-6-8-15(23)14-21-27(3,25)26/h4-5,9-10,15,18,21H,6-8,11-14H2,1-3H3,(H,22,24)/t15-,18-/m1/s1. The van der Waals surface area contributed by atoms with Gasteiger partial charge in [0.05, 0.1) is 12.3 Å². The first-order valence-corrected chi connectivity index (χ1v) is 11.7. The van der Waals surface area contributed by atoms with Crippen molar-refractivity contribution in [2.45, 2.75) is 63.5 Å². The largest absolute Gasteiger partial charge is 0.331 e. The fourth-order valence-electron chi connectivity index (χ4n) is 4.32. The second-order valence-corrected chi connectivity index (χ2v) is 10.3. The number of carbonyl (C=O) groups is 1. The maximum absolute atomic E-state index is 13.0. The number of nitrogens with zero attached hydrogens (tertiary/aromatic N) is 1. The molecule has 0 bridgehead atoms. The number of piperidine rings is 1. The van der Waals surface area contributed by atoms with Gasteiger partial charge in [0.25, 0.3) is 0 Å². The molecule has 1 aliphatic carbocycles. The van der Waals surface area contributed by atoms with Crippen molar-refractivity contribution in [3.8, 4) is 0 Å². The van der Waals surface area contributed by atoms with E-state index in [1.807, 2.05) is 11.0 Å². The molecule has 1 heterocycles. The maximum Gasteiger partial charge on any atom is 0.318 e. The molecule has 2 amide bonds. The van der Waals surface area contributed by atoms with Crippen LogP contribution in [0.25, 0.3) is 0 Å². The van der Waals surface area contributed by atoms with E-state index in [9.17, 15) is 13.2 Å². The summed E-state index contributed by atoms with van der Waals surface area (Å²) in [6, 6.07) is 8.18. The minimum atomic E-state index is -3.26. The van der Waals surface area contributed by atoms with Crippen molar-refractivity contribution >= 4 is 16.1 Å². The molecule has 1 saturated heterocycles. The van der Waals surface area contributed by atoms with Crippen molar-refractivity contribution in [1.29, 1.82) is 0 Å². The van der Waals surface area contributed by atoms with E-state index in [1.54, 1.807) is 0 Å². The molecule has 0 aromatic heterocycles. The van der Waals surface area contributed by atoms with Gasteiger partial charge in [0, 0.05) is 19.1 Å². The lowest BCUT2D eigenvalue weighted by Gasteiger charge is -2.40. The summed E-state index contributed by atoms with van der Waals surface area (Å²) in [7, 11) is -3.26. The Balaban J connectivity index is 1.72. The molecule has 3 rings (SSSR count). The number of rotatable bonds is 4. The van der Waals surface area contributed by atoms with E-state index < -0.39 is 10.0 Å². The number of hydrogen-bond donors (Lipinski definition) is 2. The number of fused-ring (bicyclic) bond motifs is 1. The van der Waals surface area contributed by atoms with E-state index in [1.165, 1.54) is 11.1 Å². The van der Waals surface area contributed by atoms with Crippen LogP contribution in [0.15, 0.2) is 24.3 Å². The molecule has 1 aromatic carbocycles. The topological polar surface area (TPSA) is 78.5 Å². The lowest BCUT2D eigenvalue weighted by molar-refractivity contribution is 0.147. The van der Waals surface area contributed by atoms with Crippen molar-refractivity contribution < 1.29 is 13.2 Å². The Hall–Kier alpha value is -1.60. The number of carbonyl (C=O) groups excluding carboxylic acids is 1. The summed E-state index contributed by atoms with van der Waals surface area (Å²) in [6.45, 7) is 5.45. The number of urea groups is 1. The number of likely N-dealkylation sites (tertiary alicyclic amines) is 1. The van der Waals surface area contributed by atoms with E-state index in [4.69, 9.17) is 0 Å². The number of hydrogen-bond acceptors (Lipinski definition) is 3. The summed E-state index contributed by atoms with van der Waals surface area (Å²) in [4.78, 5) is 14.8. The van der Waals surface area contributed by atoms with Gasteiger partial charge >= 0.3 is 6.03 Å². The van der Waals surface area contributed by atoms with Crippen molar-refractivity contribution in [1.82, 2.24) is 14.9 Å². The molecule has 0 radical (unpaired) electrons. The molecule has 1 aliphatic heterocycles. The van der Waals surface area contributed by atoms with Crippen LogP contribution < -0.4 is 10.0 Å². The van der Waals surface area contributed by atoms with Gasteiger partial charge < -0.3 is 10.2 Å². The Labute approximate surface area is 162 Å². The maximum atomic E-state index is 13.0. The molecular formula is C20H31N3O3S. The fraction of sp³-hybridized carbons (Fsp3) is 0.650. The SMILES string of the molecule is CC1(C)CC[C@@H](NC(=O)N2CCCC[C@@H]2CNS(C)(=O)=O)c2ccccc21. The zero-order valence-corrected chi connectivity index (χ0v) is 17.3. The first-order valence-electron chi connectivity index (χ1n) is 9.78.